The molecule has 0 aliphatic carbocycles. The van der Waals surface area contributed by atoms with Crippen molar-refractivity contribution in [1.82, 2.24) is 0 Å². The minimum absolute atomic E-state index is 0.111. The number of halogens is 4. The second-order valence-corrected chi connectivity index (χ2v) is 4.84. The summed E-state index contributed by atoms with van der Waals surface area (Å²) in [4.78, 5) is 0. The Hall–Kier alpha value is -1.83. The van der Waals surface area contributed by atoms with Gasteiger partial charge in [-0.1, -0.05) is 23.2 Å². The van der Waals surface area contributed by atoms with Gasteiger partial charge in [0.15, 0.2) is 5.82 Å². The van der Waals surface area contributed by atoms with Crippen molar-refractivity contribution in [3.63, 3.8) is 0 Å². The first-order valence-corrected chi connectivity index (χ1v) is 6.34. The third-order valence-corrected chi connectivity index (χ3v) is 3.20. The lowest BCUT2D eigenvalue weighted by atomic mass is 10.1. The molecule has 0 atom stereocenters. The standard InChI is InChI=1S/C14H8Cl2F2N2/c15-12-4-11(5-13(16)14(12)18)20-7-9-3-10(17)2-1-8(9)6-19/h1-5,20H,7H2. The van der Waals surface area contributed by atoms with Gasteiger partial charge in [0.25, 0.3) is 0 Å². The fourth-order valence-corrected chi connectivity index (χ4v) is 2.16. The Morgan fingerprint density at radius 1 is 1.10 bits per heavy atom. The van der Waals surface area contributed by atoms with Crippen molar-refractivity contribution in [1.29, 1.82) is 5.26 Å². The van der Waals surface area contributed by atoms with Crippen LogP contribution in [0.1, 0.15) is 11.1 Å². The molecular weight excluding hydrogens is 305 g/mol. The predicted octanol–water partition coefficient (Wildman–Crippen LogP) is 4.76. The number of nitrogens with zero attached hydrogens (tertiary/aromatic N) is 1. The number of hydrogen-bond donors (Lipinski definition) is 1. The number of nitrogens with one attached hydrogen (secondary N) is 1. The van der Waals surface area contributed by atoms with E-state index in [1.54, 1.807) is 0 Å². The number of anilines is 1. The molecule has 0 aliphatic rings. The van der Waals surface area contributed by atoms with Crippen LogP contribution in [0.3, 0.4) is 0 Å². The van der Waals surface area contributed by atoms with Gasteiger partial charge in [0, 0.05) is 12.2 Å². The van der Waals surface area contributed by atoms with Gasteiger partial charge in [-0.3, -0.25) is 0 Å². The van der Waals surface area contributed by atoms with Crippen molar-refractivity contribution in [3.8, 4) is 6.07 Å². The van der Waals surface area contributed by atoms with E-state index in [-0.39, 0.29) is 16.6 Å². The maximum absolute atomic E-state index is 13.3. The third kappa shape index (κ3) is 3.19. The molecule has 0 amide bonds. The van der Waals surface area contributed by atoms with E-state index in [9.17, 15) is 8.78 Å². The number of rotatable bonds is 3. The fraction of sp³-hybridized carbons (Fsp3) is 0.0714. The molecule has 20 heavy (non-hydrogen) atoms. The third-order valence-electron chi connectivity index (χ3n) is 2.65. The highest BCUT2D eigenvalue weighted by atomic mass is 35.5. The molecule has 0 fully saturated rings. The predicted molar refractivity (Wildman–Crippen MR) is 74.9 cm³/mol. The van der Waals surface area contributed by atoms with E-state index < -0.39 is 11.6 Å². The molecule has 0 radical (unpaired) electrons. The molecule has 1 N–H and O–H groups in total. The summed E-state index contributed by atoms with van der Waals surface area (Å²) >= 11 is 11.3. The largest absolute Gasteiger partial charge is 0.381 e. The number of nitriles is 1. The highest BCUT2D eigenvalue weighted by Crippen LogP contribution is 2.27. The minimum atomic E-state index is -0.692. The Labute approximate surface area is 124 Å². The Kier molecular flexibility index (Phi) is 4.43. The number of hydrogen-bond acceptors (Lipinski definition) is 2. The first-order valence-electron chi connectivity index (χ1n) is 5.58. The van der Waals surface area contributed by atoms with E-state index in [4.69, 9.17) is 28.5 Å². The van der Waals surface area contributed by atoms with Crippen LogP contribution in [0.5, 0.6) is 0 Å². The normalized spacial score (nSPS) is 10.2. The highest BCUT2D eigenvalue weighted by Gasteiger charge is 2.08. The van der Waals surface area contributed by atoms with Crippen molar-refractivity contribution in [3.05, 3.63) is 63.1 Å². The monoisotopic (exact) mass is 312 g/mol. The summed E-state index contributed by atoms with van der Waals surface area (Å²) in [5.74, 6) is -1.13. The van der Waals surface area contributed by atoms with Crippen molar-refractivity contribution in [2.45, 2.75) is 6.54 Å². The van der Waals surface area contributed by atoms with Gasteiger partial charge in [0.1, 0.15) is 5.82 Å². The molecule has 0 heterocycles. The molecule has 0 saturated heterocycles. The molecule has 6 heteroatoms. The minimum Gasteiger partial charge on any atom is -0.381 e. The summed E-state index contributed by atoms with van der Waals surface area (Å²) in [6.07, 6.45) is 0. The summed E-state index contributed by atoms with van der Waals surface area (Å²) < 4.78 is 26.4. The van der Waals surface area contributed by atoms with Crippen LogP contribution >= 0.6 is 23.2 Å². The average Bonchev–Trinajstić information content (AvgIpc) is 2.42. The summed E-state index contributed by atoms with van der Waals surface area (Å²) in [5, 5.41) is 11.6. The van der Waals surface area contributed by atoms with Crippen LogP contribution in [-0.4, -0.2) is 0 Å². The van der Waals surface area contributed by atoms with Gasteiger partial charge >= 0.3 is 0 Å². The Morgan fingerprint density at radius 2 is 1.75 bits per heavy atom. The second-order valence-electron chi connectivity index (χ2n) is 4.02. The molecule has 2 aromatic rings. The summed E-state index contributed by atoms with van der Waals surface area (Å²) in [7, 11) is 0. The molecule has 0 unspecified atom stereocenters. The first kappa shape index (κ1) is 14.6. The molecule has 0 bridgehead atoms. The summed E-state index contributed by atoms with van der Waals surface area (Å²) in [6.45, 7) is 0.193. The van der Waals surface area contributed by atoms with E-state index >= 15 is 0 Å². The van der Waals surface area contributed by atoms with Crippen molar-refractivity contribution in [2.75, 3.05) is 5.32 Å². The Morgan fingerprint density at radius 3 is 2.35 bits per heavy atom. The van der Waals surface area contributed by atoms with Gasteiger partial charge < -0.3 is 5.32 Å². The fourth-order valence-electron chi connectivity index (χ4n) is 1.67. The van der Waals surface area contributed by atoms with Crippen LogP contribution in [0.15, 0.2) is 30.3 Å². The molecular formula is C14H8Cl2F2N2. The maximum atomic E-state index is 13.3. The van der Waals surface area contributed by atoms with Gasteiger partial charge in [-0.25, -0.2) is 8.78 Å². The van der Waals surface area contributed by atoms with Gasteiger partial charge in [0.2, 0.25) is 0 Å². The van der Waals surface area contributed by atoms with Crippen LogP contribution < -0.4 is 5.32 Å². The Bertz CT molecular complexity index is 673. The quantitative estimate of drug-likeness (QED) is 0.830. The highest BCUT2D eigenvalue weighted by molar-refractivity contribution is 6.35. The lowest BCUT2D eigenvalue weighted by Gasteiger charge is -2.09. The molecule has 0 saturated carbocycles. The zero-order valence-corrected chi connectivity index (χ0v) is 11.6. The smallest absolute Gasteiger partial charge is 0.160 e. The molecule has 2 nitrogen and oxygen atoms in total. The van der Waals surface area contributed by atoms with E-state index in [0.29, 0.717) is 16.8 Å². The average molecular weight is 313 g/mol. The molecule has 102 valence electrons. The topological polar surface area (TPSA) is 35.8 Å². The van der Waals surface area contributed by atoms with Gasteiger partial charge in [-0.15, -0.1) is 0 Å². The molecule has 2 rings (SSSR count). The van der Waals surface area contributed by atoms with Gasteiger partial charge in [0.05, 0.1) is 21.7 Å². The van der Waals surface area contributed by atoms with E-state index in [1.807, 2.05) is 6.07 Å². The lowest BCUT2D eigenvalue weighted by Crippen LogP contribution is -2.02. The second kappa shape index (κ2) is 6.08. The molecule has 0 spiro atoms. The van der Waals surface area contributed by atoms with Gasteiger partial charge in [-0.05, 0) is 35.9 Å². The molecule has 2 aromatic carbocycles. The zero-order chi connectivity index (χ0) is 14.7. The van der Waals surface area contributed by atoms with Crippen LogP contribution in [0.25, 0.3) is 0 Å². The van der Waals surface area contributed by atoms with E-state index in [1.165, 1.54) is 30.3 Å². The SMILES string of the molecule is N#Cc1ccc(F)cc1CNc1cc(Cl)c(F)c(Cl)c1. The van der Waals surface area contributed by atoms with E-state index in [0.717, 1.165) is 0 Å². The summed E-state index contributed by atoms with van der Waals surface area (Å²) in [5.41, 5.74) is 1.33. The van der Waals surface area contributed by atoms with Crippen LogP contribution in [0.4, 0.5) is 14.5 Å². The van der Waals surface area contributed by atoms with Crippen LogP contribution in [0.2, 0.25) is 10.0 Å². The number of benzene rings is 2. The van der Waals surface area contributed by atoms with Crippen LogP contribution in [-0.2, 0) is 6.54 Å². The van der Waals surface area contributed by atoms with Crippen molar-refractivity contribution < 1.29 is 8.78 Å². The van der Waals surface area contributed by atoms with Crippen molar-refractivity contribution >= 4 is 28.9 Å². The van der Waals surface area contributed by atoms with Gasteiger partial charge in [-0.2, -0.15) is 5.26 Å². The van der Waals surface area contributed by atoms with Crippen LogP contribution in [0, 0.1) is 23.0 Å². The lowest BCUT2D eigenvalue weighted by molar-refractivity contribution is 0.625. The summed E-state index contributed by atoms with van der Waals surface area (Å²) in [6, 6.07) is 8.59. The Balaban J connectivity index is 2.21. The van der Waals surface area contributed by atoms with Crippen molar-refractivity contribution in [2.24, 2.45) is 0 Å². The maximum Gasteiger partial charge on any atom is 0.160 e. The zero-order valence-electron chi connectivity index (χ0n) is 10.1. The van der Waals surface area contributed by atoms with E-state index in [2.05, 4.69) is 5.32 Å². The first-order chi connectivity index (χ1) is 9.51. The molecule has 0 aromatic heterocycles. The molecule has 0 aliphatic heterocycles.